The third kappa shape index (κ3) is 25.9. The Balaban J connectivity index is 1.36. The van der Waals surface area contributed by atoms with E-state index in [1.807, 2.05) is 6.08 Å². The van der Waals surface area contributed by atoms with Crippen LogP contribution in [0.25, 0.3) is 0 Å². The maximum absolute atomic E-state index is 13.4. The molecule has 0 aromatic carbocycles. The molecule has 87 heavy (non-hydrogen) atoms. The van der Waals surface area contributed by atoms with E-state index in [4.69, 9.17) is 37.9 Å². The van der Waals surface area contributed by atoms with E-state index in [0.29, 0.717) is 12.8 Å². The Morgan fingerprint density at radius 1 is 0.448 bits per heavy atom. The minimum Gasteiger partial charge on any atom is -0.394 e. The first-order chi connectivity index (χ1) is 42.0. The molecule has 0 spiro atoms. The molecule has 0 unspecified atom stereocenters. The molecule has 0 radical (unpaired) electrons. The zero-order valence-electron chi connectivity index (χ0n) is 51.8. The van der Waals surface area contributed by atoms with Crippen molar-refractivity contribution in [1.82, 2.24) is 10.6 Å². The number of nitrogens with one attached hydrogen (secondary N) is 2. The van der Waals surface area contributed by atoms with Crippen molar-refractivity contribution in [1.29, 1.82) is 0 Å². The molecule has 22 atom stereocenters. The lowest BCUT2D eigenvalue weighted by molar-refractivity contribution is -0.380. The van der Waals surface area contributed by atoms with Crippen molar-refractivity contribution in [3.8, 4) is 0 Å². The van der Waals surface area contributed by atoms with Gasteiger partial charge in [0.05, 0.1) is 45.2 Å². The molecule has 25 nitrogen and oxygen atoms in total. The fourth-order valence-electron chi connectivity index (χ4n) is 11.4. The summed E-state index contributed by atoms with van der Waals surface area (Å²) in [7, 11) is 0. The molecule has 2 amide bonds. The molecule has 0 aromatic rings. The minimum atomic E-state index is -2.10. The molecule has 4 aliphatic rings. The van der Waals surface area contributed by atoms with Crippen molar-refractivity contribution in [2.45, 2.75) is 323 Å². The Morgan fingerprint density at radius 2 is 0.839 bits per heavy atom. The molecule has 25 heteroatoms. The number of carbonyl (C=O) groups excluding carboxylic acids is 2. The lowest BCUT2D eigenvalue weighted by Gasteiger charge is -2.50. The number of ether oxygens (including phenoxy) is 8. The maximum atomic E-state index is 13.4. The van der Waals surface area contributed by atoms with E-state index in [-0.39, 0.29) is 12.3 Å². The number of allylic oxidation sites excluding steroid dienone is 3. The molecular formula is C62H112N2O23. The summed E-state index contributed by atoms with van der Waals surface area (Å²) in [6.45, 7) is 1.57. The summed E-state index contributed by atoms with van der Waals surface area (Å²) < 4.78 is 46.7. The highest BCUT2D eigenvalue weighted by atomic mass is 16.8. The smallest absolute Gasteiger partial charge is 0.220 e. The first-order valence-corrected chi connectivity index (χ1v) is 32.6. The van der Waals surface area contributed by atoms with Crippen LogP contribution in [0.5, 0.6) is 0 Å². The van der Waals surface area contributed by atoms with Gasteiger partial charge >= 0.3 is 0 Å². The Morgan fingerprint density at radius 3 is 1.33 bits per heavy atom. The van der Waals surface area contributed by atoms with Crippen LogP contribution < -0.4 is 10.6 Å². The summed E-state index contributed by atoms with van der Waals surface area (Å²) in [5.74, 6) is -1.07. The van der Waals surface area contributed by atoms with Crippen molar-refractivity contribution in [3.63, 3.8) is 0 Å². The summed E-state index contributed by atoms with van der Waals surface area (Å²) in [4.78, 5) is 26.0. The van der Waals surface area contributed by atoms with Crippen molar-refractivity contribution in [2.24, 2.45) is 0 Å². The van der Waals surface area contributed by atoms with E-state index in [1.54, 1.807) is 6.08 Å². The lowest BCUT2D eigenvalue weighted by atomic mass is 9.94. The Hall–Kier alpha value is -2.42. The van der Waals surface area contributed by atoms with Gasteiger partial charge in [0.15, 0.2) is 25.2 Å². The second-order valence-electron chi connectivity index (χ2n) is 23.9. The Labute approximate surface area is 514 Å². The average Bonchev–Trinajstić information content (AvgIpc) is 0.901. The van der Waals surface area contributed by atoms with Gasteiger partial charge in [-0.3, -0.25) is 9.59 Å². The van der Waals surface area contributed by atoms with Gasteiger partial charge in [-0.2, -0.15) is 0 Å². The van der Waals surface area contributed by atoms with Crippen LogP contribution in [0.2, 0.25) is 0 Å². The van der Waals surface area contributed by atoms with Crippen LogP contribution in [-0.2, 0) is 47.5 Å². The summed E-state index contributed by atoms with van der Waals surface area (Å²) in [6.07, 6.45) is 1.18. The van der Waals surface area contributed by atoms with E-state index in [2.05, 4.69) is 36.6 Å². The molecule has 15 N–H and O–H groups in total. The van der Waals surface area contributed by atoms with Crippen LogP contribution in [0.1, 0.15) is 188 Å². The topological polar surface area (TPSA) is 395 Å². The number of aliphatic hydroxyl groups excluding tert-OH is 13. The summed E-state index contributed by atoms with van der Waals surface area (Å²) in [5.41, 5.74) is 0. The van der Waals surface area contributed by atoms with Crippen LogP contribution in [0, 0.1) is 0 Å². The zero-order chi connectivity index (χ0) is 63.7. The van der Waals surface area contributed by atoms with Crippen LogP contribution in [-0.4, -0.2) is 246 Å². The predicted molar refractivity (Wildman–Crippen MR) is 317 cm³/mol. The van der Waals surface area contributed by atoms with E-state index in [0.717, 1.165) is 64.7 Å². The Bertz CT molecular complexity index is 1870. The fourth-order valence-corrected chi connectivity index (χ4v) is 11.4. The molecule has 4 heterocycles. The zero-order valence-corrected chi connectivity index (χ0v) is 51.8. The lowest BCUT2D eigenvalue weighted by Crippen LogP contribution is -2.70. The molecule has 0 bridgehead atoms. The van der Waals surface area contributed by atoms with Gasteiger partial charge in [-0.25, -0.2) is 0 Å². The highest BCUT2D eigenvalue weighted by molar-refractivity contribution is 5.76. The fraction of sp³-hybridized carbons (Fsp3) is 0.903. The maximum Gasteiger partial charge on any atom is 0.220 e. The van der Waals surface area contributed by atoms with E-state index in [9.17, 15) is 76.0 Å². The van der Waals surface area contributed by atoms with Crippen molar-refractivity contribution < 1.29 is 114 Å². The van der Waals surface area contributed by atoms with Crippen LogP contribution >= 0.6 is 0 Å². The number of unbranched alkanes of at least 4 members (excludes halogenated alkanes) is 22. The first-order valence-electron chi connectivity index (χ1n) is 32.6. The van der Waals surface area contributed by atoms with Crippen LogP contribution in [0.3, 0.4) is 0 Å². The highest BCUT2D eigenvalue weighted by Gasteiger charge is 2.56. The molecular weight excluding hydrogens is 1140 g/mol. The predicted octanol–water partition coefficient (Wildman–Crippen LogP) is 1.56. The first kappa shape index (κ1) is 77.0. The number of aliphatic hydroxyl groups is 13. The van der Waals surface area contributed by atoms with E-state index >= 15 is 0 Å². The summed E-state index contributed by atoms with van der Waals surface area (Å²) in [6, 6.07) is -2.63. The molecule has 0 aliphatic carbocycles. The quantitative estimate of drug-likeness (QED) is 0.0304. The SMILES string of the molecule is CCCCCCCCC=CCCCCCCCC(=O)N[C@@H](CO[C@@H]1O[C@H](CO)[C@@H](O[C@@H]2O[C@H](CO)[C@H](O[C@@H]3O[C@H](CO)[C@H](O)[C@H](O[C@@H]4O[C@H](CO)[C@H](O)[C@H](O)[C@H]4O)[C@H]3NC(C)=O)[C@H](O)[C@H]2O)[C@H](O)[C@H]1O)[C@H](O)C=CCCCCCCCCCCCCC. The molecule has 4 fully saturated rings. The summed E-state index contributed by atoms with van der Waals surface area (Å²) in [5, 5.41) is 146. The van der Waals surface area contributed by atoms with Gasteiger partial charge in [-0.1, -0.05) is 154 Å². The minimum absolute atomic E-state index is 0.203. The summed E-state index contributed by atoms with van der Waals surface area (Å²) >= 11 is 0. The van der Waals surface area contributed by atoms with Gasteiger partial charge < -0.3 is 115 Å². The second-order valence-corrected chi connectivity index (χ2v) is 23.9. The monoisotopic (exact) mass is 1250 g/mol. The molecule has 4 aliphatic heterocycles. The van der Waals surface area contributed by atoms with Gasteiger partial charge in [0.1, 0.15) is 97.6 Å². The molecule has 0 saturated carbocycles. The average molecular weight is 1250 g/mol. The number of carbonyl (C=O) groups is 2. The highest BCUT2D eigenvalue weighted by Crippen LogP contribution is 2.35. The molecule has 4 saturated heterocycles. The number of hydrogen-bond acceptors (Lipinski definition) is 23. The molecule has 4 rings (SSSR count). The van der Waals surface area contributed by atoms with Crippen LogP contribution in [0.15, 0.2) is 24.3 Å². The second kappa shape index (κ2) is 43.4. The molecule has 508 valence electrons. The van der Waals surface area contributed by atoms with Crippen molar-refractivity contribution in [2.75, 3.05) is 33.0 Å². The van der Waals surface area contributed by atoms with E-state index in [1.165, 1.54) is 89.9 Å². The number of rotatable bonds is 44. The van der Waals surface area contributed by atoms with Gasteiger partial charge in [0.25, 0.3) is 0 Å². The van der Waals surface area contributed by atoms with Gasteiger partial charge in [0.2, 0.25) is 11.8 Å². The van der Waals surface area contributed by atoms with Crippen molar-refractivity contribution >= 4 is 11.8 Å². The Kier molecular flexibility index (Phi) is 38.4. The largest absolute Gasteiger partial charge is 0.394 e. The molecule has 0 aromatic heterocycles. The number of amides is 2. The van der Waals surface area contributed by atoms with Gasteiger partial charge in [-0.15, -0.1) is 0 Å². The van der Waals surface area contributed by atoms with Gasteiger partial charge in [-0.05, 0) is 44.9 Å². The third-order valence-corrected chi connectivity index (χ3v) is 16.8. The standard InChI is InChI=1S/C62H112N2O23/c1-4-6-8-10-12-14-16-18-19-21-23-25-27-29-31-33-46(71)64-40(41(70)32-30-28-26-24-22-20-17-15-13-11-9-7-5-2)38-80-60-54(78)51(75)57(44(36-67)83-60)86-62-55(79)52(76)56(45(37-68)84-62)85-59-47(63-39(3)69)58(49(73)43(35-66)81-59)87-61-53(77)50(74)48(72)42(34-65)82-61/h18-19,30,32,40-45,47-62,65-68,70,72-79H,4-17,20-29,31,33-38H2,1-3H3,(H,63,69)(H,64,71)/t40-,41+,42+,43+,44+,45+,47+,48-,49-,50-,51+,52+,53+,54+,55+,56-,57+,58+,59-,60+,61-,62-/m0/s1. The van der Waals surface area contributed by atoms with E-state index < -0.39 is 174 Å². The normalized spacial score (nSPS) is 33.9. The van der Waals surface area contributed by atoms with Crippen molar-refractivity contribution in [3.05, 3.63) is 24.3 Å². The van der Waals surface area contributed by atoms with Crippen LogP contribution in [0.4, 0.5) is 0 Å². The number of hydrogen-bond donors (Lipinski definition) is 15. The third-order valence-electron chi connectivity index (χ3n) is 16.8. The van der Waals surface area contributed by atoms with Gasteiger partial charge in [0, 0.05) is 13.3 Å².